The number of rotatable bonds is 7. The van der Waals surface area contributed by atoms with E-state index >= 15 is 0 Å². The molecular weight excluding hydrogens is 328 g/mol. The zero-order valence-corrected chi connectivity index (χ0v) is 14.5. The lowest BCUT2D eigenvalue weighted by Crippen LogP contribution is -2.08. The molecule has 2 rings (SSSR count). The van der Waals surface area contributed by atoms with Crippen LogP contribution < -0.4 is 4.74 Å². The maximum absolute atomic E-state index is 12.8. The van der Waals surface area contributed by atoms with Crippen LogP contribution in [-0.4, -0.2) is 39.0 Å². The van der Waals surface area contributed by atoms with Crippen LogP contribution in [0.25, 0.3) is 0 Å². The van der Waals surface area contributed by atoms with Gasteiger partial charge >= 0.3 is 5.97 Å². The van der Waals surface area contributed by atoms with Crippen LogP contribution in [0.1, 0.15) is 26.3 Å². The fraction of sp³-hybridized carbons (Fsp3) is 0.222. The van der Waals surface area contributed by atoms with Crippen molar-refractivity contribution in [1.29, 1.82) is 0 Å². The molecule has 2 aromatic rings. The predicted molar refractivity (Wildman–Crippen MR) is 91.9 cm³/mol. The third kappa shape index (κ3) is 4.15. The molecule has 0 saturated carbocycles. The molecule has 0 atom stereocenters. The Bertz CT molecular complexity index is 725. The molecule has 0 aliphatic rings. The largest absolute Gasteiger partial charge is 0.467 e. The maximum atomic E-state index is 12.8. The topological polar surface area (TPSA) is 61.8 Å². The van der Waals surface area contributed by atoms with Crippen LogP contribution in [0, 0.1) is 0 Å². The number of benzene rings is 2. The zero-order chi connectivity index (χ0) is 17.5. The molecule has 0 aromatic heterocycles. The van der Waals surface area contributed by atoms with Gasteiger partial charge in [-0.05, 0) is 36.6 Å². The van der Waals surface area contributed by atoms with Crippen molar-refractivity contribution in [1.82, 2.24) is 0 Å². The maximum Gasteiger partial charge on any atom is 0.337 e. The van der Waals surface area contributed by atoms with Gasteiger partial charge in [-0.2, -0.15) is 0 Å². The van der Waals surface area contributed by atoms with Gasteiger partial charge < -0.3 is 14.2 Å². The second kappa shape index (κ2) is 8.52. The highest BCUT2D eigenvalue weighted by Crippen LogP contribution is 2.27. The first-order valence-electron chi connectivity index (χ1n) is 7.13. The van der Waals surface area contributed by atoms with Gasteiger partial charge in [0.05, 0.1) is 18.2 Å². The van der Waals surface area contributed by atoms with Gasteiger partial charge in [0, 0.05) is 17.6 Å². The van der Waals surface area contributed by atoms with Gasteiger partial charge in [0.1, 0.15) is 5.75 Å². The predicted octanol–water partition coefficient (Wildman–Crippen LogP) is 3.41. The Morgan fingerprint density at radius 2 is 1.67 bits per heavy atom. The summed E-state index contributed by atoms with van der Waals surface area (Å²) in [4.78, 5) is 25.2. The first-order chi connectivity index (χ1) is 11.6. The molecular formula is C18H18O5S. The number of hydrogen-bond donors (Lipinski definition) is 0. The summed E-state index contributed by atoms with van der Waals surface area (Å²) >= 11 is 1.54. The van der Waals surface area contributed by atoms with E-state index in [-0.39, 0.29) is 12.6 Å². The minimum Gasteiger partial charge on any atom is -0.467 e. The molecule has 0 spiro atoms. The molecule has 24 heavy (non-hydrogen) atoms. The van der Waals surface area contributed by atoms with Crippen molar-refractivity contribution < 1.29 is 23.8 Å². The van der Waals surface area contributed by atoms with Crippen LogP contribution >= 0.6 is 11.8 Å². The van der Waals surface area contributed by atoms with Crippen LogP contribution in [0.15, 0.2) is 47.4 Å². The van der Waals surface area contributed by atoms with Crippen LogP contribution in [0.4, 0.5) is 0 Å². The molecule has 0 bridgehead atoms. The van der Waals surface area contributed by atoms with Gasteiger partial charge in [0.15, 0.2) is 12.6 Å². The number of hydrogen-bond acceptors (Lipinski definition) is 6. The molecule has 2 aromatic carbocycles. The summed E-state index contributed by atoms with van der Waals surface area (Å²) in [6, 6.07) is 11.7. The Morgan fingerprint density at radius 1 is 1.00 bits per heavy atom. The van der Waals surface area contributed by atoms with Crippen molar-refractivity contribution in [3.05, 3.63) is 59.2 Å². The van der Waals surface area contributed by atoms with Crippen molar-refractivity contribution in [3.8, 4) is 5.75 Å². The summed E-state index contributed by atoms with van der Waals surface area (Å²) in [5.74, 6) is -0.174. The second-order valence-electron chi connectivity index (χ2n) is 4.81. The van der Waals surface area contributed by atoms with Gasteiger partial charge in [0.25, 0.3) is 0 Å². The van der Waals surface area contributed by atoms with Gasteiger partial charge in [-0.25, -0.2) is 4.79 Å². The molecule has 0 aliphatic carbocycles. The molecule has 0 unspecified atom stereocenters. The molecule has 0 saturated heterocycles. The molecule has 0 N–H and O–H groups in total. The number of thioether (sulfide) groups is 1. The van der Waals surface area contributed by atoms with E-state index in [0.717, 1.165) is 4.90 Å². The van der Waals surface area contributed by atoms with Gasteiger partial charge in [-0.3, -0.25) is 4.79 Å². The molecule has 126 valence electrons. The molecule has 6 heteroatoms. The number of carbonyl (C=O) groups excluding carboxylic acids is 2. The van der Waals surface area contributed by atoms with Crippen molar-refractivity contribution in [2.75, 3.05) is 27.3 Å². The summed E-state index contributed by atoms with van der Waals surface area (Å²) in [7, 11) is 2.83. The van der Waals surface area contributed by atoms with Crippen LogP contribution in [-0.2, 0) is 9.47 Å². The number of ketones is 1. The molecule has 0 amide bonds. The SMILES string of the molecule is COCOc1ccc(SC)cc1C(=O)c1ccc(C(=O)OC)cc1. The quantitative estimate of drug-likeness (QED) is 0.331. The Kier molecular flexibility index (Phi) is 6.40. The van der Waals surface area contributed by atoms with Gasteiger partial charge in [0.2, 0.25) is 0 Å². The Hall–Kier alpha value is -2.31. The monoisotopic (exact) mass is 346 g/mol. The number of carbonyl (C=O) groups is 2. The van der Waals surface area contributed by atoms with Crippen molar-refractivity contribution in [3.63, 3.8) is 0 Å². The van der Waals surface area contributed by atoms with Crippen LogP contribution in [0.3, 0.4) is 0 Å². The highest BCUT2D eigenvalue weighted by Gasteiger charge is 2.16. The highest BCUT2D eigenvalue weighted by atomic mass is 32.2. The summed E-state index contributed by atoms with van der Waals surface area (Å²) in [6.45, 7) is 0.0557. The van der Waals surface area contributed by atoms with E-state index < -0.39 is 5.97 Å². The summed E-state index contributed by atoms with van der Waals surface area (Å²) in [5, 5.41) is 0. The third-order valence-electron chi connectivity index (χ3n) is 3.33. The Balaban J connectivity index is 2.35. The van der Waals surface area contributed by atoms with Crippen LogP contribution in [0.2, 0.25) is 0 Å². The average molecular weight is 346 g/mol. The lowest BCUT2D eigenvalue weighted by molar-refractivity contribution is 0.0503. The zero-order valence-electron chi connectivity index (χ0n) is 13.7. The number of ether oxygens (including phenoxy) is 3. The standard InChI is InChI=1S/C18H18O5S/c1-21-11-23-16-9-8-14(24-3)10-15(16)17(19)12-4-6-13(7-5-12)18(20)22-2/h4-10H,11H2,1-3H3. The van der Waals surface area contributed by atoms with Crippen LogP contribution in [0.5, 0.6) is 5.75 Å². The number of methoxy groups -OCH3 is 2. The minimum atomic E-state index is -0.442. The van der Waals surface area contributed by atoms with Crippen molar-refractivity contribution >= 4 is 23.5 Å². The third-order valence-corrected chi connectivity index (χ3v) is 4.06. The van der Waals surface area contributed by atoms with Gasteiger partial charge in [-0.1, -0.05) is 12.1 Å². The van der Waals surface area contributed by atoms with Crippen molar-refractivity contribution in [2.24, 2.45) is 0 Å². The average Bonchev–Trinajstić information content (AvgIpc) is 2.65. The summed E-state index contributed by atoms with van der Waals surface area (Å²) < 4.78 is 15.0. The lowest BCUT2D eigenvalue weighted by atomic mass is 10.0. The molecule has 0 fully saturated rings. The summed E-state index contributed by atoms with van der Waals surface area (Å²) in [6.07, 6.45) is 1.93. The Morgan fingerprint density at radius 3 is 2.25 bits per heavy atom. The van der Waals surface area contributed by atoms with E-state index in [1.807, 2.05) is 12.3 Å². The normalized spacial score (nSPS) is 10.3. The smallest absolute Gasteiger partial charge is 0.337 e. The van der Waals surface area contributed by atoms with E-state index in [0.29, 0.717) is 22.4 Å². The summed E-state index contributed by atoms with van der Waals surface area (Å²) in [5.41, 5.74) is 1.30. The molecule has 0 heterocycles. The van der Waals surface area contributed by atoms with E-state index in [1.54, 1.807) is 36.4 Å². The molecule has 5 nitrogen and oxygen atoms in total. The minimum absolute atomic E-state index is 0.0557. The van der Waals surface area contributed by atoms with E-state index in [1.165, 1.54) is 26.0 Å². The van der Waals surface area contributed by atoms with E-state index in [2.05, 4.69) is 4.74 Å². The highest BCUT2D eigenvalue weighted by molar-refractivity contribution is 7.98. The molecule has 0 aliphatic heterocycles. The fourth-order valence-corrected chi connectivity index (χ4v) is 2.53. The first kappa shape index (κ1) is 18.0. The molecule has 0 radical (unpaired) electrons. The van der Waals surface area contributed by atoms with Gasteiger partial charge in [-0.15, -0.1) is 11.8 Å². The van der Waals surface area contributed by atoms with Crippen molar-refractivity contribution in [2.45, 2.75) is 4.90 Å². The Labute approximate surface area is 144 Å². The van der Waals surface area contributed by atoms with E-state index in [4.69, 9.17) is 9.47 Å². The lowest BCUT2D eigenvalue weighted by Gasteiger charge is -2.11. The fourth-order valence-electron chi connectivity index (χ4n) is 2.09. The first-order valence-corrected chi connectivity index (χ1v) is 8.36. The second-order valence-corrected chi connectivity index (χ2v) is 5.69. The van der Waals surface area contributed by atoms with E-state index in [9.17, 15) is 9.59 Å². The number of esters is 1.